The number of benzene rings is 2. The number of carbonyl (C=O) groups excluding carboxylic acids is 2. The van der Waals surface area contributed by atoms with E-state index in [4.69, 9.17) is 9.47 Å². The molecule has 6 nitrogen and oxygen atoms in total. The van der Waals surface area contributed by atoms with Crippen LogP contribution in [0.4, 0.5) is 0 Å². The molecule has 2 aromatic rings. The Morgan fingerprint density at radius 1 is 1.03 bits per heavy atom. The van der Waals surface area contributed by atoms with Gasteiger partial charge in [0.1, 0.15) is 11.5 Å². The summed E-state index contributed by atoms with van der Waals surface area (Å²) in [4.78, 5) is 26.9. The van der Waals surface area contributed by atoms with E-state index in [0.717, 1.165) is 35.5 Å². The van der Waals surface area contributed by atoms with Crippen LogP contribution in [0.2, 0.25) is 0 Å². The zero-order valence-corrected chi connectivity index (χ0v) is 17.7. The number of likely N-dealkylation sites (tertiary alicyclic amines) is 1. The summed E-state index contributed by atoms with van der Waals surface area (Å²) in [6.07, 6.45) is 3.02. The molecular weight excluding hydrogens is 380 g/mol. The third kappa shape index (κ3) is 5.99. The second-order valence-electron chi connectivity index (χ2n) is 7.56. The number of nitrogens with zero attached hydrogens (tertiary/aromatic N) is 1. The topological polar surface area (TPSA) is 67.9 Å². The Labute approximate surface area is 178 Å². The van der Waals surface area contributed by atoms with Crippen molar-refractivity contribution < 1.29 is 19.1 Å². The van der Waals surface area contributed by atoms with Gasteiger partial charge in [0.2, 0.25) is 11.8 Å². The lowest BCUT2D eigenvalue weighted by Gasteiger charge is -2.32. The van der Waals surface area contributed by atoms with Crippen LogP contribution in [-0.2, 0) is 22.4 Å². The summed E-state index contributed by atoms with van der Waals surface area (Å²) in [6.45, 7) is 1.32. The van der Waals surface area contributed by atoms with E-state index in [2.05, 4.69) is 5.32 Å². The first-order valence-corrected chi connectivity index (χ1v) is 10.4. The van der Waals surface area contributed by atoms with Crippen LogP contribution in [-0.4, -0.2) is 50.1 Å². The summed E-state index contributed by atoms with van der Waals surface area (Å²) in [5.74, 6) is 1.70. The zero-order valence-electron chi connectivity index (χ0n) is 17.7. The Bertz CT molecular complexity index is 860. The van der Waals surface area contributed by atoms with Crippen LogP contribution >= 0.6 is 0 Å². The number of rotatable bonds is 8. The minimum atomic E-state index is 0.0524. The molecule has 6 heteroatoms. The number of hydrogen-bond acceptors (Lipinski definition) is 4. The summed E-state index contributed by atoms with van der Waals surface area (Å²) in [5, 5.41) is 3.12. The molecule has 1 aliphatic heterocycles. The Balaban J connectivity index is 1.41. The molecule has 0 radical (unpaired) electrons. The van der Waals surface area contributed by atoms with Crippen molar-refractivity contribution in [2.45, 2.75) is 38.1 Å². The number of hydrogen-bond donors (Lipinski definition) is 1. The van der Waals surface area contributed by atoms with E-state index in [1.807, 2.05) is 53.4 Å². The summed E-state index contributed by atoms with van der Waals surface area (Å²) < 4.78 is 10.6. The zero-order chi connectivity index (χ0) is 21.3. The van der Waals surface area contributed by atoms with Gasteiger partial charge in [-0.25, -0.2) is 0 Å². The highest BCUT2D eigenvalue weighted by atomic mass is 16.5. The average molecular weight is 411 g/mol. The summed E-state index contributed by atoms with van der Waals surface area (Å²) >= 11 is 0. The lowest BCUT2D eigenvalue weighted by molar-refractivity contribution is -0.131. The number of amides is 2. The van der Waals surface area contributed by atoms with Gasteiger partial charge in [0.25, 0.3) is 0 Å². The molecule has 0 bridgehead atoms. The van der Waals surface area contributed by atoms with E-state index in [1.165, 1.54) is 0 Å². The molecular formula is C24H30N2O4. The minimum Gasteiger partial charge on any atom is -0.497 e. The van der Waals surface area contributed by atoms with E-state index < -0.39 is 0 Å². The second-order valence-corrected chi connectivity index (χ2v) is 7.56. The second kappa shape index (κ2) is 10.7. The molecule has 0 aliphatic carbocycles. The van der Waals surface area contributed by atoms with Gasteiger partial charge in [-0.1, -0.05) is 30.3 Å². The molecule has 2 aromatic carbocycles. The normalized spacial score (nSPS) is 14.3. The molecule has 0 saturated carbocycles. The fraction of sp³-hybridized carbons (Fsp3) is 0.417. The quantitative estimate of drug-likeness (QED) is 0.727. The Hall–Kier alpha value is -3.02. The first-order chi connectivity index (χ1) is 14.6. The van der Waals surface area contributed by atoms with E-state index in [1.54, 1.807) is 14.2 Å². The molecule has 2 amide bonds. The molecule has 0 spiro atoms. The molecule has 1 heterocycles. The highest BCUT2D eigenvalue weighted by molar-refractivity contribution is 5.80. The van der Waals surface area contributed by atoms with Gasteiger partial charge in [-0.15, -0.1) is 0 Å². The van der Waals surface area contributed by atoms with Gasteiger partial charge in [0.05, 0.1) is 20.6 Å². The molecule has 3 rings (SSSR count). The van der Waals surface area contributed by atoms with Gasteiger partial charge in [-0.3, -0.25) is 9.59 Å². The number of nitrogens with one attached hydrogen (secondary N) is 1. The molecule has 30 heavy (non-hydrogen) atoms. The lowest BCUT2D eigenvalue weighted by Crippen LogP contribution is -2.47. The van der Waals surface area contributed by atoms with Gasteiger partial charge >= 0.3 is 0 Å². The molecule has 1 fully saturated rings. The number of aryl methyl sites for hydroxylation is 1. The van der Waals surface area contributed by atoms with Crippen molar-refractivity contribution in [1.82, 2.24) is 10.2 Å². The molecule has 0 aromatic heterocycles. The van der Waals surface area contributed by atoms with Gasteiger partial charge in [0, 0.05) is 31.1 Å². The monoisotopic (exact) mass is 410 g/mol. The van der Waals surface area contributed by atoms with Crippen LogP contribution in [0.3, 0.4) is 0 Å². The van der Waals surface area contributed by atoms with Crippen molar-refractivity contribution >= 4 is 11.8 Å². The third-order valence-corrected chi connectivity index (χ3v) is 5.52. The van der Waals surface area contributed by atoms with Crippen molar-refractivity contribution in [3.05, 3.63) is 59.7 Å². The molecule has 160 valence electrons. The Morgan fingerprint density at radius 3 is 2.53 bits per heavy atom. The Kier molecular flexibility index (Phi) is 7.71. The molecule has 0 unspecified atom stereocenters. The molecule has 0 atom stereocenters. The van der Waals surface area contributed by atoms with Gasteiger partial charge in [0.15, 0.2) is 0 Å². The van der Waals surface area contributed by atoms with Gasteiger partial charge in [-0.05, 0) is 43.0 Å². The number of methoxy groups -OCH3 is 2. The number of piperidine rings is 1. The molecule has 1 saturated heterocycles. The van der Waals surface area contributed by atoms with E-state index in [-0.39, 0.29) is 17.9 Å². The molecule has 1 aliphatic rings. The van der Waals surface area contributed by atoms with Crippen LogP contribution in [0.1, 0.15) is 30.4 Å². The van der Waals surface area contributed by atoms with Crippen LogP contribution in [0, 0.1) is 0 Å². The summed E-state index contributed by atoms with van der Waals surface area (Å²) in [7, 11) is 3.26. The van der Waals surface area contributed by atoms with Gasteiger partial charge < -0.3 is 19.7 Å². The van der Waals surface area contributed by atoms with Crippen molar-refractivity contribution in [2.24, 2.45) is 0 Å². The minimum absolute atomic E-state index is 0.0524. The van der Waals surface area contributed by atoms with Crippen molar-refractivity contribution in [3.8, 4) is 11.5 Å². The fourth-order valence-corrected chi connectivity index (χ4v) is 3.78. The van der Waals surface area contributed by atoms with Crippen LogP contribution in [0.15, 0.2) is 48.5 Å². The maximum atomic E-state index is 12.6. The van der Waals surface area contributed by atoms with Crippen LogP contribution < -0.4 is 14.8 Å². The first kappa shape index (κ1) is 21.7. The number of ether oxygens (including phenoxy) is 2. The van der Waals surface area contributed by atoms with Crippen molar-refractivity contribution in [2.75, 3.05) is 27.3 Å². The predicted molar refractivity (Wildman–Crippen MR) is 116 cm³/mol. The highest BCUT2D eigenvalue weighted by Crippen LogP contribution is 2.20. The first-order valence-electron chi connectivity index (χ1n) is 10.4. The van der Waals surface area contributed by atoms with E-state index in [0.29, 0.717) is 32.4 Å². The number of carbonyl (C=O) groups is 2. The lowest BCUT2D eigenvalue weighted by atomic mass is 10.0. The Morgan fingerprint density at radius 2 is 1.80 bits per heavy atom. The van der Waals surface area contributed by atoms with E-state index in [9.17, 15) is 9.59 Å². The number of para-hydroxylation sites is 1. The van der Waals surface area contributed by atoms with Crippen LogP contribution in [0.25, 0.3) is 0 Å². The summed E-state index contributed by atoms with van der Waals surface area (Å²) in [5.41, 5.74) is 1.99. The highest BCUT2D eigenvalue weighted by Gasteiger charge is 2.24. The smallest absolute Gasteiger partial charge is 0.227 e. The standard InChI is InChI=1S/C24H30N2O4/c1-29-21-8-5-6-18(16-21)10-11-23(27)25-20-12-14-26(15-13-20)24(28)17-19-7-3-4-9-22(19)30-2/h3-9,16,20H,10-15,17H2,1-2H3,(H,25,27). The van der Waals surface area contributed by atoms with Gasteiger partial charge in [-0.2, -0.15) is 0 Å². The SMILES string of the molecule is COc1cccc(CCC(=O)NC2CCN(C(=O)Cc3ccccc3OC)CC2)c1. The predicted octanol–water partition coefficient (Wildman–Crippen LogP) is 2.99. The average Bonchev–Trinajstić information content (AvgIpc) is 2.78. The largest absolute Gasteiger partial charge is 0.497 e. The molecule has 1 N–H and O–H groups in total. The van der Waals surface area contributed by atoms with Crippen molar-refractivity contribution in [1.29, 1.82) is 0 Å². The maximum Gasteiger partial charge on any atom is 0.227 e. The van der Waals surface area contributed by atoms with Crippen molar-refractivity contribution in [3.63, 3.8) is 0 Å². The summed E-state index contributed by atoms with van der Waals surface area (Å²) in [6, 6.07) is 15.5. The van der Waals surface area contributed by atoms with E-state index >= 15 is 0 Å². The third-order valence-electron chi connectivity index (χ3n) is 5.52. The fourth-order valence-electron chi connectivity index (χ4n) is 3.78. The van der Waals surface area contributed by atoms with Crippen LogP contribution in [0.5, 0.6) is 11.5 Å². The maximum absolute atomic E-state index is 12.6.